The van der Waals surface area contributed by atoms with E-state index in [2.05, 4.69) is 60.7 Å². The second-order valence-electron chi connectivity index (χ2n) is 10.1. The van der Waals surface area contributed by atoms with Crippen LogP contribution in [0.3, 0.4) is 0 Å². The molecule has 4 atom stereocenters. The average Bonchev–Trinajstić information content (AvgIpc) is 3.34. The smallest absolute Gasteiger partial charge is 1.00 e. The van der Waals surface area contributed by atoms with Crippen molar-refractivity contribution in [2.45, 2.75) is 50.4 Å². The quantitative estimate of drug-likeness (QED) is 0.435. The summed E-state index contributed by atoms with van der Waals surface area (Å²) in [6.45, 7) is 0. The maximum Gasteiger partial charge on any atom is 3.00 e. The molecule has 31 heavy (non-hydrogen) atoms. The monoisotopic (exact) mass is 523 g/mol. The molecule has 4 bridgehead atoms. The van der Waals surface area contributed by atoms with Crippen molar-refractivity contribution in [3.05, 3.63) is 88.9 Å². The first-order valence-electron chi connectivity index (χ1n) is 11.2. The van der Waals surface area contributed by atoms with Gasteiger partial charge in [0.15, 0.2) is 0 Å². The van der Waals surface area contributed by atoms with E-state index in [9.17, 15) is 0 Å². The Morgan fingerprint density at radius 2 is 1.77 bits per heavy atom. The van der Waals surface area contributed by atoms with Crippen molar-refractivity contribution >= 4 is 0 Å². The van der Waals surface area contributed by atoms with E-state index in [0.29, 0.717) is 5.41 Å². The van der Waals surface area contributed by atoms with Crippen molar-refractivity contribution < 1.29 is 51.0 Å². The molecular formula is C28H27Cl2Zr. The van der Waals surface area contributed by atoms with Crippen molar-refractivity contribution in [1.29, 1.82) is 0 Å². The van der Waals surface area contributed by atoms with Crippen LogP contribution in [0.15, 0.2) is 66.3 Å². The average molecular weight is 526 g/mol. The largest absolute Gasteiger partial charge is 3.00 e. The van der Waals surface area contributed by atoms with E-state index in [1.165, 1.54) is 55.2 Å². The fourth-order valence-corrected chi connectivity index (χ4v) is 7.96. The molecule has 0 nitrogen and oxygen atoms in total. The van der Waals surface area contributed by atoms with E-state index in [0.717, 1.165) is 24.2 Å². The number of benzene rings is 2. The Hall–Kier alpha value is -0.617. The maximum absolute atomic E-state index is 2.50. The van der Waals surface area contributed by atoms with Gasteiger partial charge in [-0.25, -0.2) is 0 Å². The first-order valence-corrected chi connectivity index (χ1v) is 11.2. The number of halogens is 2. The number of hydrogen-bond acceptors (Lipinski definition) is 0. The van der Waals surface area contributed by atoms with Crippen molar-refractivity contribution in [3.8, 4) is 11.1 Å². The first-order chi connectivity index (χ1) is 13.8. The molecule has 157 valence electrons. The zero-order chi connectivity index (χ0) is 18.3. The third kappa shape index (κ3) is 3.41. The van der Waals surface area contributed by atoms with Gasteiger partial charge in [-0.3, -0.25) is 0 Å². The number of fused-ring (bicyclic) bond motifs is 3. The summed E-state index contributed by atoms with van der Waals surface area (Å²) >= 11 is 0. The Morgan fingerprint density at radius 1 is 0.935 bits per heavy atom. The van der Waals surface area contributed by atoms with Gasteiger partial charge >= 0.3 is 26.2 Å². The maximum atomic E-state index is 2.50. The summed E-state index contributed by atoms with van der Waals surface area (Å²) < 4.78 is 0. The van der Waals surface area contributed by atoms with Crippen LogP contribution in [0, 0.1) is 23.7 Å². The van der Waals surface area contributed by atoms with Crippen LogP contribution in [-0.2, 0) is 38.0 Å². The molecule has 0 N–H and O–H groups in total. The summed E-state index contributed by atoms with van der Waals surface area (Å²) in [4.78, 5) is 0. The second-order valence-corrected chi connectivity index (χ2v) is 10.1. The third-order valence-corrected chi connectivity index (χ3v) is 8.62. The van der Waals surface area contributed by atoms with Crippen LogP contribution in [0.5, 0.6) is 0 Å². The molecule has 4 fully saturated rings. The van der Waals surface area contributed by atoms with Crippen molar-refractivity contribution in [2.24, 2.45) is 17.8 Å². The molecule has 4 saturated carbocycles. The van der Waals surface area contributed by atoms with Crippen LogP contribution in [-0.4, -0.2) is 0 Å². The molecule has 0 aliphatic heterocycles. The van der Waals surface area contributed by atoms with E-state index in [-0.39, 0.29) is 51.0 Å². The summed E-state index contributed by atoms with van der Waals surface area (Å²) in [5.41, 5.74) is 10.1. The minimum Gasteiger partial charge on any atom is -1.00 e. The summed E-state index contributed by atoms with van der Waals surface area (Å²) in [7, 11) is 0. The predicted molar refractivity (Wildman–Crippen MR) is 115 cm³/mol. The van der Waals surface area contributed by atoms with E-state index < -0.39 is 0 Å². The topological polar surface area (TPSA) is 0 Å². The van der Waals surface area contributed by atoms with E-state index in [4.69, 9.17) is 0 Å². The zero-order valence-electron chi connectivity index (χ0n) is 17.7. The molecule has 0 spiro atoms. The number of hydrogen-bond donors (Lipinski definition) is 0. The van der Waals surface area contributed by atoms with Gasteiger partial charge in [-0.05, 0) is 58.9 Å². The van der Waals surface area contributed by atoms with Gasteiger partial charge in [-0.1, -0.05) is 84.5 Å². The van der Waals surface area contributed by atoms with Crippen LogP contribution >= 0.6 is 0 Å². The fraction of sp³-hybridized carbons (Fsp3) is 0.393. The van der Waals surface area contributed by atoms with Crippen LogP contribution in [0.25, 0.3) is 11.1 Å². The van der Waals surface area contributed by atoms with Crippen LogP contribution in [0.2, 0.25) is 0 Å². The Balaban J connectivity index is 0.000000771. The molecule has 4 unspecified atom stereocenters. The predicted octanol–water partition coefficient (Wildman–Crippen LogP) is 0.802. The second kappa shape index (κ2) is 8.63. The Bertz CT molecular complexity index is 1040. The first kappa shape index (κ1) is 23.5. The van der Waals surface area contributed by atoms with Gasteiger partial charge in [-0.2, -0.15) is 12.8 Å². The SMILES string of the molecule is C1=CCC(C2[C-]3CC4CC2CC(c2cccc5c2Cc2ccccc2-5)(C3)C4)=C1.[Cl-].[Cl-].[Zr+3]. The summed E-state index contributed by atoms with van der Waals surface area (Å²) in [6.07, 6.45) is 16.5. The van der Waals surface area contributed by atoms with E-state index in [1.807, 2.05) is 5.92 Å². The fourth-order valence-electron chi connectivity index (χ4n) is 7.96. The van der Waals surface area contributed by atoms with Crippen LogP contribution in [0.4, 0.5) is 0 Å². The van der Waals surface area contributed by atoms with Crippen molar-refractivity contribution in [3.63, 3.8) is 0 Å². The van der Waals surface area contributed by atoms with Crippen LogP contribution in [0.1, 0.15) is 55.2 Å². The van der Waals surface area contributed by atoms with Gasteiger partial charge in [0, 0.05) is 0 Å². The molecular weight excluding hydrogens is 498 g/mol. The van der Waals surface area contributed by atoms with Gasteiger partial charge in [0.05, 0.1) is 0 Å². The molecule has 6 aliphatic rings. The molecule has 0 saturated heterocycles. The van der Waals surface area contributed by atoms with Crippen molar-refractivity contribution in [1.82, 2.24) is 0 Å². The van der Waals surface area contributed by atoms with Gasteiger partial charge in [0.2, 0.25) is 0 Å². The Labute approximate surface area is 217 Å². The number of allylic oxidation sites excluding steroid dienone is 4. The molecule has 2 aromatic rings. The molecule has 0 aromatic heterocycles. The third-order valence-electron chi connectivity index (χ3n) is 8.62. The van der Waals surface area contributed by atoms with Gasteiger partial charge in [0.25, 0.3) is 0 Å². The normalized spacial score (nSPS) is 31.2. The van der Waals surface area contributed by atoms with Gasteiger partial charge < -0.3 is 30.7 Å². The summed E-state index contributed by atoms with van der Waals surface area (Å²) in [5.74, 6) is 4.53. The molecule has 6 aliphatic carbocycles. The van der Waals surface area contributed by atoms with Gasteiger partial charge in [-0.15, -0.1) is 5.92 Å². The zero-order valence-corrected chi connectivity index (χ0v) is 21.7. The minimum atomic E-state index is 0. The van der Waals surface area contributed by atoms with E-state index in [1.54, 1.807) is 16.7 Å². The minimum absolute atomic E-state index is 0. The number of rotatable bonds is 2. The molecule has 3 heteroatoms. The molecule has 1 radical (unpaired) electrons. The standard InChI is InChI=1S/C28H27.2ClH.Zr/c1-2-7-19(6-1)27-21-12-18-13-22(27)17-28(15-18,16-21)26-11-5-10-24-23-9-4-3-8-20(23)14-25(24)26;;;/h1-6,8-11,18,21,27H,7,12-17H2;2*1H;/q-1;;;+3/p-2. The molecule has 2 aromatic carbocycles. The summed E-state index contributed by atoms with van der Waals surface area (Å²) in [6, 6.07) is 16.3. The molecule has 0 amide bonds. The van der Waals surface area contributed by atoms with E-state index >= 15 is 0 Å². The van der Waals surface area contributed by atoms with Crippen LogP contribution < -0.4 is 24.8 Å². The summed E-state index contributed by atoms with van der Waals surface area (Å²) in [5, 5.41) is 0. The van der Waals surface area contributed by atoms with Gasteiger partial charge in [0.1, 0.15) is 0 Å². The Morgan fingerprint density at radius 3 is 2.58 bits per heavy atom. The molecule has 8 rings (SSSR count). The van der Waals surface area contributed by atoms with Crippen molar-refractivity contribution in [2.75, 3.05) is 0 Å². The molecule has 0 heterocycles. The Kier molecular flexibility index (Phi) is 6.55.